The van der Waals surface area contributed by atoms with Gasteiger partial charge in [0, 0.05) is 23.7 Å². The molecule has 0 fully saturated rings. The molecule has 1 atom stereocenters. The molecule has 0 heterocycles. The van der Waals surface area contributed by atoms with E-state index in [1.807, 2.05) is 26.8 Å². The summed E-state index contributed by atoms with van der Waals surface area (Å²) in [6.45, 7) is 7.39. The van der Waals surface area contributed by atoms with Gasteiger partial charge in [0.1, 0.15) is 11.8 Å². The molecule has 0 saturated heterocycles. The summed E-state index contributed by atoms with van der Waals surface area (Å²) in [6.07, 6.45) is -0.186. The number of nitrogens with zero attached hydrogens (tertiary/aromatic N) is 2. The average molecular weight is 428 g/mol. The van der Waals surface area contributed by atoms with E-state index in [9.17, 15) is 19.7 Å². The van der Waals surface area contributed by atoms with Gasteiger partial charge in [0.15, 0.2) is 0 Å². The molecular formula is C23H29N3O5. The van der Waals surface area contributed by atoms with Crippen LogP contribution in [-0.4, -0.2) is 40.3 Å². The zero-order valence-corrected chi connectivity index (χ0v) is 18.5. The highest BCUT2D eigenvalue weighted by molar-refractivity contribution is 5.88. The van der Waals surface area contributed by atoms with Crippen LogP contribution in [0.4, 0.5) is 5.69 Å². The van der Waals surface area contributed by atoms with Crippen LogP contribution in [0, 0.1) is 10.1 Å². The number of amides is 2. The van der Waals surface area contributed by atoms with Crippen LogP contribution in [0.15, 0.2) is 48.5 Å². The first kappa shape index (κ1) is 23.9. The number of rotatable bonds is 8. The molecular weight excluding hydrogens is 398 g/mol. The number of benzene rings is 2. The Labute approximate surface area is 182 Å². The molecule has 8 nitrogen and oxygen atoms in total. The van der Waals surface area contributed by atoms with Crippen molar-refractivity contribution >= 4 is 17.5 Å². The number of carbonyl (C=O) groups excluding carboxylic acids is 2. The van der Waals surface area contributed by atoms with Gasteiger partial charge in [0.25, 0.3) is 5.69 Å². The minimum absolute atomic E-state index is 0.121. The second-order valence-electron chi connectivity index (χ2n) is 8.35. The molecule has 0 spiro atoms. The molecule has 0 radical (unpaired) electrons. The minimum Gasteiger partial charge on any atom is -0.497 e. The van der Waals surface area contributed by atoms with Crippen molar-refractivity contribution in [2.75, 3.05) is 7.11 Å². The zero-order valence-electron chi connectivity index (χ0n) is 18.5. The quantitative estimate of drug-likeness (QED) is 0.513. The van der Waals surface area contributed by atoms with Gasteiger partial charge in [-0.3, -0.25) is 19.7 Å². The van der Waals surface area contributed by atoms with Crippen LogP contribution in [0.25, 0.3) is 0 Å². The van der Waals surface area contributed by atoms with Crippen LogP contribution in [0.5, 0.6) is 5.75 Å². The normalized spacial score (nSPS) is 12.0. The standard InChI is InChI=1S/C23H29N3O5/c1-16(22(28)24-23(2,3)4)25(15-17-9-8-11-19(13-17)31-5)21(27)14-18-10-6-7-12-20(18)26(29)30/h6-13,16H,14-15H2,1-5H3,(H,24,28). The number of nitrogens with one attached hydrogen (secondary N) is 1. The Morgan fingerprint density at radius 1 is 1.16 bits per heavy atom. The van der Waals surface area contributed by atoms with E-state index in [4.69, 9.17) is 4.74 Å². The summed E-state index contributed by atoms with van der Waals surface area (Å²) in [5, 5.41) is 14.2. The first-order valence-corrected chi connectivity index (χ1v) is 9.98. The topological polar surface area (TPSA) is 102 Å². The molecule has 166 valence electrons. The predicted octanol–water partition coefficient (Wildman–Crippen LogP) is 3.48. The fourth-order valence-electron chi connectivity index (χ4n) is 3.13. The van der Waals surface area contributed by atoms with Crippen molar-refractivity contribution in [2.24, 2.45) is 0 Å². The molecule has 0 saturated carbocycles. The molecule has 0 aliphatic heterocycles. The first-order valence-electron chi connectivity index (χ1n) is 9.98. The van der Waals surface area contributed by atoms with Gasteiger partial charge in [0.2, 0.25) is 11.8 Å². The predicted molar refractivity (Wildman–Crippen MR) is 118 cm³/mol. The zero-order chi connectivity index (χ0) is 23.2. The third kappa shape index (κ3) is 6.80. The van der Waals surface area contributed by atoms with Crippen molar-refractivity contribution in [1.82, 2.24) is 10.2 Å². The third-order valence-corrected chi connectivity index (χ3v) is 4.68. The minimum atomic E-state index is -0.777. The molecule has 0 aliphatic carbocycles. The van der Waals surface area contributed by atoms with E-state index >= 15 is 0 Å². The van der Waals surface area contributed by atoms with Crippen molar-refractivity contribution in [2.45, 2.75) is 52.2 Å². The molecule has 0 aliphatic rings. The van der Waals surface area contributed by atoms with Crippen molar-refractivity contribution in [3.63, 3.8) is 0 Å². The second kappa shape index (κ2) is 10.1. The molecule has 8 heteroatoms. The van der Waals surface area contributed by atoms with E-state index in [0.29, 0.717) is 11.3 Å². The lowest BCUT2D eigenvalue weighted by Gasteiger charge is -2.31. The maximum Gasteiger partial charge on any atom is 0.273 e. The monoisotopic (exact) mass is 427 g/mol. The highest BCUT2D eigenvalue weighted by atomic mass is 16.6. The summed E-state index contributed by atoms with van der Waals surface area (Å²) in [4.78, 5) is 38.3. The lowest BCUT2D eigenvalue weighted by Crippen LogP contribution is -2.52. The number of methoxy groups -OCH3 is 1. The van der Waals surface area contributed by atoms with Gasteiger partial charge in [-0.15, -0.1) is 0 Å². The average Bonchev–Trinajstić information content (AvgIpc) is 2.70. The molecule has 0 bridgehead atoms. The Morgan fingerprint density at radius 3 is 2.45 bits per heavy atom. The summed E-state index contributed by atoms with van der Waals surface area (Å²) < 4.78 is 5.25. The molecule has 1 unspecified atom stereocenters. The van der Waals surface area contributed by atoms with E-state index in [1.165, 1.54) is 11.0 Å². The van der Waals surface area contributed by atoms with E-state index in [2.05, 4.69) is 5.32 Å². The SMILES string of the molecule is COc1cccc(CN(C(=O)Cc2ccccc2[N+](=O)[O-])C(C)C(=O)NC(C)(C)C)c1. The van der Waals surface area contributed by atoms with E-state index < -0.39 is 16.5 Å². The van der Waals surface area contributed by atoms with E-state index in [0.717, 1.165) is 5.56 Å². The maximum absolute atomic E-state index is 13.2. The van der Waals surface area contributed by atoms with Gasteiger partial charge >= 0.3 is 0 Å². The maximum atomic E-state index is 13.2. The van der Waals surface area contributed by atoms with Gasteiger partial charge in [-0.05, 0) is 45.4 Å². The second-order valence-corrected chi connectivity index (χ2v) is 8.35. The molecule has 2 aromatic rings. The van der Waals surface area contributed by atoms with Gasteiger partial charge in [-0.1, -0.05) is 30.3 Å². The Kier molecular flexibility index (Phi) is 7.74. The number of ether oxygens (including phenoxy) is 1. The number of hydrogen-bond donors (Lipinski definition) is 1. The van der Waals surface area contributed by atoms with Crippen LogP contribution in [0.3, 0.4) is 0 Å². The summed E-state index contributed by atoms with van der Waals surface area (Å²) in [7, 11) is 1.55. The summed E-state index contributed by atoms with van der Waals surface area (Å²) in [5.41, 5.74) is 0.500. The molecule has 2 amide bonds. The molecule has 2 aromatic carbocycles. The Hall–Kier alpha value is -3.42. The Morgan fingerprint density at radius 2 is 1.84 bits per heavy atom. The Balaban J connectivity index is 2.35. The summed E-state index contributed by atoms with van der Waals surface area (Å²) >= 11 is 0. The first-order chi connectivity index (χ1) is 14.5. The van der Waals surface area contributed by atoms with Crippen LogP contribution in [0.2, 0.25) is 0 Å². The molecule has 2 rings (SSSR count). The number of nitro groups is 1. The lowest BCUT2D eigenvalue weighted by atomic mass is 10.1. The van der Waals surface area contributed by atoms with Crippen LogP contribution in [-0.2, 0) is 22.6 Å². The Bertz CT molecular complexity index is 952. The third-order valence-electron chi connectivity index (χ3n) is 4.68. The summed E-state index contributed by atoms with van der Waals surface area (Å²) in [6, 6.07) is 12.6. The highest BCUT2D eigenvalue weighted by Gasteiger charge is 2.29. The van der Waals surface area contributed by atoms with Gasteiger partial charge in [-0.25, -0.2) is 0 Å². The van der Waals surface area contributed by atoms with Crippen molar-refractivity contribution in [3.05, 3.63) is 69.8 Å². The van der Waals surface area contributed by atoms with Crippen molar-refractivity contribution in [3.8, 4) is 5.75 Å². The lowest BCUT2D eigenvalue weighted by molar-refractivity contribution is -0.385. The van der Waals surface area contributed by atoms with Gasteiger partial charge in [0.05, 0.1) is 18.5 Å². The van der Waals surface area contributed by atoms with Crippen molar-refractivity contribution in [1.29, 1.82) is 0 Å². The van der Waals surface area contributed by atoms with E-state index in [1.54, 1.807) is 50.4 Å². The smallest absolute Gasteiger partial charge is 0.273 e. The summed E-state index contributed by atoms with van der Waals surface area (Å²) in [5.74, 6) is -0.0459. The van der Waals surface area contributed by atoms with Crippen molar-refractivity contribution < 1.29 is 19.2 Å². The molecule has 1 N–H and O–H groups in total. The van der Waals surface area contributed by atoms with Crippen LogP contribution < -0.4 is 10.1 Å². The van der Waals surface area contributed by atoms with Crippen LogP contribution in [0.1, 0.15) is 38.8 Å². The molecule has 31 heavy (non-hydrogen) atoms. The van der Waals surface area contributed by atoms with Crippen LogP contribution >= 0.6 is 0 Å². The fraction of sp³-hybridized carbons (Fsp3) is 0.391. The molecule has 0 aromatic heterocycles. The van der Waals surface area contributed by atoms with Gasteiger partial charge in [-0.2, -0.15) is 0 Å². The number of carbonyl (C=O) groups is 2. The number of hydrogen-bond acceptors (Lipinski definition) is 5. The fourth-order valence-corrected chi connectivity index (χ4v) is 3.13. The number of para-hydroxylation sites is 1. The largest absolute Gasteiger partial charge is 0.497 e. The van der Waals surface area contributed by atoms with E-state index in [-0.39, 0.29) is 30.5 Å². The highest BCUT2D eigenvalue weighted by Crippen LogP contribution is 2.21. The van der Waals surface area contributed by atoms with Gasteiger partial charge < -0.3 is 15.0 Å². The number of nitro benzene ring substituents is 1.